The monoisotopic (exact) mass is 279 g/mol. The highest BCUT2D eigenvalue weighted by Gasteiger charge is 2.12. The summed E-state index contributed by atoms with van der Waals surface area (Å²) in [6.07, 6.45) is 2.16. The number of nitrogens with two attached hydrogens (primary N) is 1. The van der Waals surface area contributed by atoms with E-state index in [0.29, 0.717) is 18.6 Å². The van der Waals surface area contributed by atoms with E-state index in [4.69, 9.17) is 10.5 Å². The Kier molecular flexibility index (Phi) is 6.73. The molecule has 0 aliphatic rings. The van der Waals surface area contributed by atoms with Gasteiger partial charge in [-0.15, -0.1) is 0 Å². The molecule has 0 spiro atoms. The van der Waals surface area contributed by atoms with Gasteiger partial charge in [-0.25, -0.2) is 4.79 Å². The van der Waals surface area contributed by atoms with Crippen LogP contribution in [0.1, 0.15) is 35.7 Å². The van der Waals surface area contributed by atoms with Crippen LogP contribution in [0.2, 0.25) is 0 Å². The molecule has 1 rings (SSSR count). The van der Waals surface area contributed by atoms with Gasteiger partial charge < -0.3 is 15.2 Å². The summed E-state index contributed by atoms with van der Waals surface area (Å²) in [5, 5.41) is 0. The van der Waals surface area contributed by atoms with Gasteiger partial charge in [-0.2, -0.15) is 0 Å². The lowest BCUT2D eigenvalue weighted by molar-refractivity contribution is -0.142. The first-order chi connectivity index (χ1) is 9.58. The zero-order chi connectivity index (χ0) is 15.0. The molecule has 1 aromatic carbocycles. The fraction of sp³-hybridized carbons (Fsp3) is 0.467. The Morgan fingerprint density at radius 1 is 1.25 bits per heavy atom. The lowest BCUT2D eigenvalue weighted by Gasteiger charge is -2.09. The lowest BCUT2D eigenvalue weighted by Crippen LogP contribution is -2.31. The summed E-state index contributed by atoms with van der Waals surface area (Å²) in [5.41, 5.74) is 7.29. The number of carbonyl (C=O) groups excluding carboxylic acids is 2. The summed E-state index contributed by atoms with van der Waals surface area (Å²) in [5.74, 6) is -0.700. The molecule has 5 nitrogen and oxygen atoms in total. The third-order valence-corrected chi connectivity index (χ3v) is 2.95. The predicted molar refractivity (Wildman–Crippen MR) is 75.3 cm³/mol. The van der Waals surface area contributed by atoms with Crippen molar-refractivity contribution in [3.8, 4) is 0 Å². The Morgan fingerprint density at radius 2 is 1.90 bits per heavy atom. The van der Waals surface area contributed by atoms with Gasteiger partial charge in [0.1, 0.15) is 6.04 Å². The minimum Gasteiger partial charge on any atom is -0.468 e. The summed E-state index contributed by atoms with van der Waals surface area (Å²) < 4.78 is 9.48. The maximum Gasteiger partial charge on any atom is 0.338 e. The van der Waals surface area contributed by atoms with Gasteiger partial charge in [0.05, 0.1) is 19.3 Å². The van der Waals surface area contributed by atoms with E-state index < -0.39 is 6.04 Å². The van der Waals surface area contributed by atoms with Gasteiger partial charge in [-0.3, -0.25) is 4.79 Å². The molecule has 20 heavy (non-hydrogen) atoms. The second kappa shape index (κ2) is 8.32. The molecule has 1 aromatic rings. The first-order valence-electron chi connectivity index (χ1n) is 6.68. The van der Waals surface area contributed by atoms with Gasteiger partial charge >= 0.3 is 11.9 Å². The van der Waals surface area contributed by atoms with Crippen molar-refractivity contribution in [2.75, 3.05) is 13.7 Å². The Balaban J connectivity index is 2.42. The maximum atomic E-state index is 11.5. The van der Waals surface area contributed by atoms with E-state index in [1.807, 2.05) is 12.1 Å². The van der Waals surface area contributed by atoms with E-state index in [1.165, 1.54) is 7.11 Å². The van der Waals surface area contributed by atoms with Crippen LogP contribution in [0.5, 0.6) is 0 Å². The van der Waals surface area contributed by atoms with Crippen LogP contribution in [0.3, 0.4) is 0 Å². The Morgan fingerprint density at radius 3 is 2.45 bits per heavy atom. The quantitative estimate of drug-likeness (QED) is 0.768. The molecular weight excluding hydrogens is 258 g/mol. The minimum atomic E-state index is -0.571. The van der Waals surface area contributed by atoms with Crippen molar-refractivity contribution >= 4 is 11.9 Å². The smallest absolute Gasteiger partial charge is 0.338 e. The van der Waals surface area contributed by atoms with Crippen LogP contribution in [0, 0.1) is 0 Å². The van der Waals surface area contributed by atoms with Crippen LogP contribution < -0.4 is 5.73 Å². The van der Waals surface area contributed by atoms with Crippen molar-refractivity contribution < 1.29 is 19.1 Å². The van der Waals surface area contributed by atoms with E-state index in [-0.39, 0.29) is 11.9 Å². The number of benzene rings is 1. The molecule has 0 aliphatic heterocycles. The fourth-order valence-corrected chi connectivity index (χ4v) is 1.82. The largest absolute Gasteiger partial charge is 0.468 e. The molecule has 0 aliphatic carbocycles. The molecule has 0 amide bonds. The van der Waals surface area contributed by atoms with Gasteiger partial charge in [-0.1, -0.05) is 12.1 Å². The Bertz CT molecular complexity index is 442. The topological polar surface area (TPSA) is 78.6 Å². The molecule has 110 valence electrons. The molecule has 2 N–H and O–H groups in total. The Labute approximate surface area is 119 Å². The van der Waals surface area contributed by atoms with Crippen LogP contribution in [-0.4, -0.2) is 31.7 Å². The zero-order valence-electron chi connectivity index (χ0n) is 11.9. The molecule has 0 aromatic heterocycles. The second-order valence-corrected chi connectivity index (χ2v) is 4.44. The van der Waals surface area contributed by atoms with Crippen LogP contribution >= 0.6 is 0 Å². The average Bonchev–Trinajstić information content (AvgIpc) is 2.47. The number of ether oxygens (including phenoxy) is 2. The van der Waals surface area contributed by atoms with Crippen LogP contribution in [0.15, 0.2) is 24.3 Å². The lowest BCUT2D eigenvalue weighted by atomic mass is 10.0. The normalized spacial score (nSPS) is 11.8. The second-order valence-electron chi connectivity index (χ2n) is 4.44. The molecule has 0 saturated heterocycles. The van der Waals surface area contributed by atoms with Gasteiger partial charge in [0.2, 0.25) is 0 Å². The highest BCUT2D eigenvalue weighted by atomic mass is 16.5. The molecule has 0 saturated carbocycles. The maximum absolute atomic E-state index is 11.5. The highest BCUT2D eigenvalue weighted by molar-refractivity contribution is 5.89. The standard InChI is InChI=1S/C15H21NO4/c1-3-20-14(17)12-9-7-11(8-10-12)5-4-6-13(16)15(18)19-2/h7-10,13H,3-6,16H2,1-2H3. The first kappa shape index (κ1) is 16.2. The van der Waals surface area contributed by atoms with Gasteiger partial charge in [0.15, 0.2) is 0 Å². The van der Waals surface area contributed by atoms with Gasteiger partial charge in [-0.05, 0) is 43.9 Å². The molecule has 0 fully saturated rings. The van der Waals surface area contributed by atoms with Crippen molar-refractivity contribution in [1.29, 1.82) is 0 Å². The fourth-order valence-electron chi connectivity index (χ4n) is 1.82. The van der Waals surface area contributed by atoms with Crippen molar-refractivity contribution in [3.63, 3.8) is 0 Å². The molecular formula is C15H21NO4. The van der Waals surface area contributed by atoms with E-state index in [9.17, 15) is 9.59 Å². The SMILES string of the molecule is CCOC(=O)c1ccc(CCCC(N)C(=O)OC)cc1. The van der Waals surface area contributed by atoms with E-state index in [0.717, 1.165) is 18.4 Å². The highest BCUT2D eigenvalue weighted by Crippen LogP contribution is 2.10. The minimum absolute atomic E-state index is 0.313. The van der Waals surface area contributed by atoms with Crippen LogP contribution in [0.4, 0.5) is 0 Å². The molecule has 0 heterocycles. The van der Waals surface area contributed by atoms with E-state index >= 15 is 0 Å². The van der Waals surface area contributed by atoms with Crippen molar-refractivity contribution in [1.82, 2.24) is 0 Å². The third-order valence-electron chi connectivity index (χ3n) is 2.95. The van der Waals surface area contributed by atoms with E-state index in [2.05, 4.69) is 4.74 Å². The van der Waals surface area contributed by atoms with Crippen molar-refractivity contribution in [2.45, 2.75) is 32.2 Å². The number of hydrogen-bond donors (Lipinski definition) is 1. The summed E-state index contributed by atoms with van der Waals surface area (Å²) >= 11 is 0. The van der Waals surface area contributed by atoms with Gasteiger partial charge in [0.25, 0.3) is 0 Å². The summed E-state index contributed by atoms with van der Waals surface area (Å²) in [6.45, 7) is 2.14. The molecule has 5 heteroatoms. The number of esters is 2. The molecule has 1 atom stereocenters. The van der Waals surface area contributed by atoms with E-state index in [1.54, 1.807) is 19.1 Å². The number of methoxy groups -OCH3 is 1. The van der Waals surface area contributed by atoms with Crippen LogP contribution in [0.25, 0.3) is 0 Å². The molecule has 0 radical (unpaired) electrons. The number of aryl methyl sites for hydroxylation is 1. The Hall–Kier alpha value is -1.88. The third kappa shape index (κ3) is 5.01. The number of carbonyl (C=O) groups is 2. The number of rotatable bonds is 7. The zero-order valence-corrected chi connectivity index (χ0v) is 11.9. The van der Waals surface area contributed by atoms with Crippen LogP contribution in [-0.2, 0) is 20.7 Å². The molecule has 0 bridgehead atoms. The van der Waals surface area contributed by atoms with Crippen molar-refractivity contribution in [3.05, 3.63) is 35.4 Å². The predicted octanol–water partition coefficient (Wildman–Crippen LogP) is 1.69. The van der Waals surface area contributed by atoms with Crippen molar-refractivity contribution in [2.24, 2.45) is 5.73 Å². The first-order valence-corrected chi connectivity index (χ1v) is 6.68. The molecule has 1 unspecified atom stereocenters. The average molecular weight is 279 g/mol. The summed E-state index contributed by atoms with van der Waals surface area (Å²) in [4.78, 5) is 22.6. The summed E-state index contributed by atoms with van der Waals surface area (Å²) in [6, 6.07) is 6.69. The number of hydrogen-bond acceptors (Lipinski definition) is 5. The van der Waals surface area contributed by atoms with Gasteiger partial charge in [0, 0.05) is 0 Å². The summed E-state index contributed by atoms with van der Waals surface area (Å²) in [7, 11) is 1.33.